The minimum Gasteiger partial charge on any atom is -0.352 e. The van der Waals surface area contributed by atoms with Crippen LogP contribution >= 0.6 is 0 Å². The Morgan fingerprint density at radius 3 is 1.85 bits per heavy atom. The van der Waals surface area contributed by atoms with Gasteiger partial charge in [-0.25, -0.2) is 9.97 Å². The van der Waals surface area contributed by atoms with E-state index in [0.29, 0.717) is 0 Å². The van der Waals surface area contributed by atoms with Crippen LogP contribution in [-0.2, 0) is 0 Å². The zero-order chi connectivity index (χ0) is 23.8. The maximum atomic E-state index is 4.76. The molecule has 3 rings (SSSR count). The molecule has 0 saturated heterocycles. The predicted octanol–water partition coefficient (Wildman–Crippen LogP) is 8.90. The molecule has 0 aliphatic rings. The lowest BCUT2D eigenvalue weighted by molar-refractivity contribution is 0.570. The maximum Gasteiger partial charge on any atom is 0.225 e. The van der Waals surface area contributed by atoms with Gasteiger partial charge in [0.25, 0.3) is 0 Å². The second kappa shape index (κ2) is 15.3. The van der Waals surface area contributed by atoms with E-state index in [1.165, 1.54) is 87.8 Å². The monoisotopic (exact) mass is 460 g/mol. The molecule has 0 saturated carbocycles. The third-order valence-corrected chi connectivity index (χ3v) is 6.55. The molecule has 0 fully saturated rings. The normalized spacial score (nSPS) is 11.1. The number of hydrogen-bond donors (Lipinski definition) is 1. The van der Waals surface area contributed by atoms with Gasteiger partial charge in [0, 0.05) is 24.2 Å². The smallest absolute Gasteiger partial charge is 0.225 e. The second-order valence-corrected chi connectivity index (χ2v) is 9.45. The Balaban J connectivity index is 1.58. The zero-order valence-electron chi connectivity index (χ0n) is 21.4. The number of rotatable bonds is 17. The van der Waals surface area contributed by atoms with Gasteiger partial charge in [-0.1, -0.05) is 114 Å². The summed E-state index contributed by atoms with van der Waals surface area (Å²) < 4.78 is 0. The van der Waals surface area contributed by atoms with Crippen LogP contribution in [0.25, 0.3) is 10.8 Å². The Hall–Kier alpha value is -2.62. The summed E-state index contributed by atoms with van der Waals surface area (Å²) in [5.74, 6) is 0.866. The van der Waals surface area contributed by atoms with E-state index < -0.39 is 0 Å². The lowest BCUT2D eigenvalue weighted by Crippen LogP contribution is -2.27. The van der Waals surface area contributed by atoms with Gasteiger partial charge in [0.2, 0.25) is 5.95 Å². The number of hydrogen-bond acceptors (Lipinski definition) is 4. The van der Waals surface area contributed by atoms with E-state index in [2.05, 4.69) is 66.5 Å². The number of unbranched alkanes of at least 4 members (excludes halogenated alkanes) is 10. The minimum atomic E-state index is 0.866. The quantitative estimate of drug-likeness (QED) is 0.204. The molecule has 1 heterocycles. The van der Waals surface area contributed by atoms with Crippen molar-refractivity contribution in [2.45, 2.75) is 90.9 Å². The van der Waals surface area contributed by atoms with Crippen LogP contribution < -0.4 is 10.2 Å². The number of anilines is 3. The highest BCUT2D eigenvalue weighted by Gasteiger charge is 2.10. The second-order valence-electron chi connectivity index (χ2n) is 9.45. The first-order valence-corrected chi connectivity index (χ1v) is 13.6. The first-order valence-electron chi connectivity index (χ1n) is 13.6. The van der Waals surface area contributed by atoms with Crippen LogP contribution in [0.2, 0.25) is 0 Å². The molecule has 0 unspecified atom stereocenters. The summed E-state index contributed by atoms with van der Waals surface area (Å²) in [6.07, 6.45) is 19.6. The van der Waals surface area contributed by atoms with Gasteiger partial charge in [-0.05, 0) is 24.3 Å². The Kier molecular flexibility index (Phi) is 11.7. The van der Waals surface area contributed by atoms with Crippen molar-refractivity contribution < 1.29 is 0 Å². The van der Waals surface area contributed by atoms with E-state index in [9.17, 15) is 0 Å². The van der Waals surface area contributed by atoms with Gasteiger partial charge in [-0.15, -0.1) is 0 Å². The summed E-state index contributed by atoms with van der Waals surface area (Å²) in [6, 6.07) is 14.8. The van der Waals surface area contributed by atoms with Gasteiger partial charge in [0.05, 0.1) is 18.1 Å². The van der Waals surface area contributed by atoms with Gasteiger partial charge < -0.3 is 10.2 Å². The van der Waals surface area contributed by atoms with Crippen LogP contribution in [0, 0.1) is 0 Å². The van der Waals surface area contributed by atoms with E-state index in [4.69, 9.17) is 9.97 Å². The van der Waals surface area contributed by atoms with Gasteiger partial charge in [-0.2, -0.15) is 0 Å². The summed E-state index contributed by atoms with van der Waals surface area (Å²) in [6.45, 7) is 6.66. The molecule has 0 radical (unpaired) electrons. The molecule has 0 spiro atoms. The van der Waals surface area contributed by atoms with Crippen LogP contribution in [0.5, 0.6) is 0 Å². The van der Waals surface area contributed by atoms with E-state index in [1.54, 1.807) is 0 Å². The molecule has 34 heavy (non-hydrogen) atoms. The van der Waals surface area contributed by atoms with Gasteiger partial charge in [-0.3, -0.25) is 0 Å². The SMILES string of the molecule is CCCCCCCCN(CCCCCCCC)c1ncc(Nc2cccc3ccccc23)cn1. The number of fused-ring (bicyclic) bond motifs is 1. The largest absolute Gasteiger partial charge is 0.352 e. The van der Waals surface area contributed by atoms with Gasteiger partial charge >= 0.3 is 0 Å². The molecule has 3 aromatic rings. The number of aromatic nitrogens is 2. The van der Waals surface area contributed by atoms with Crippen LogP contribution in [0.3, 0.4) is 0 Å². The summed E-state index contributed by atoms with van der Waals surface area (Å²) in [5, 5.41) is 5.95. The molecule has 1 N–H and O–H groups in total. The van der Waals surface area contributed by atoms with Crippen molar-refractivity contribution in [3.63, 3.8) is 0 Å². The molecule has 0 bridgehead atoms. The molecule has 184 valence electrons. The molecule has 0 amide bonds. The van der Waals surface area contributed by atoms with E-state index in [1.807, 2.05) is 12.4 Å². The Morgan fingerprint density at radius 1 is 0.647 bits per heavy atom. The number of nitrogens with zero attached hydrogens (tertiary/aromatic N) is 3. The molecule has 1 aromatic heterocycles. The van der Waals surface area contributed by atoms with Crippen LogP contribution in [0.1, 0.15) is 90.9 Å². The first kappa shape index (κ1) is 26.0. The zero-order valence-corrected chi connectivity index (χ0v) is 21.4. The average Bonchev–Trinajstić information content (AvgIpc) is 2.87. The summed E-state index contributed by atoms with van der Waals surface area (Å²) in [7, 11) is 0. The summed E-state index contributed by atoms with van der Waals surface area (Å²) in [5.41, 5.74) is 2.02. The third-order valence-electron chi connectivity index (χ3n) is 6.55. The van der Waals surface area contributed by atoms with Crippen molar-refractivity contribution in [2.75, 3.05) is 23.3 Å². The molecule has 0 aliphatic heterocycles. The van der Waals surface area contributed by atoms with Gasteiger partial charge in [0.15, 0.2) is 0 Å². The summed E-state index contributed by atoms with van der Waals surface area (Å²) in [4.78, 5) is 11.9. The average molecular weight is 461 g/mol. The molecular weight excluding hydrogens is 416 g/mol. The van der Waals surface area contributed by atoms with Crippen molar-refractivity contribution in [3.05, 3.63) is 54.9 Å². The Bertz CT molecular complexity index is 917. The number of nitrogens with one attached hydrogen (secondary N) is 1. The van der Waals surface area contributed by atoms with Crippen molar-refractivity contribution in [1.82, 2.24) is 9.97 Å². The van der Waals surface area contributed by atoms with Crippen LogP contribution in [-0.4, -0.2) is 23.1 Å². The van der Waals surface area contributed by atoms with Crippen molar-refractivity contribution in [2.24, 2.45) is 0 Å². The highest BCUT2D eigenvalue weighted by molar-refractivity contribution is 5.95. The highest BCUT2D eigenvalue weighted by Crippen LogP contribution is 2.26. The van der Waals surface area contributed by atoms with Crippen molar-refractivity contribution >= 4 is 28.1 Å². The standard InChI is InChI=1S/C30H44N4/c1-3-5-7-9-11-15-22-34(23-16-12-10-8-6-4-2)30-31-24-27(25-32-30)33-29-21-17-19-26-18-13-14-20-28(26)29/h13-14,17-21,24-25,33H,3-12,15-16,22-23H2,1-2H3. The summed E-state index contributed by atoms with van der Waals surface area (Å²) >= 11 is 0. The lowest BCUT2D eigenvalue weighted by Gasteiger charge is -2.23. The van der Waals surface area contributed by atoms with Gasteiger partial charge in [0.1, 0.15) is 0 Å². The van der Waals surface area contributed by atoms with Crippen LogP contribution in [0.15, 0.2) is 54.9 Å². The van der Waals surface area contributed by atoms with E-state index >= 15 is 0 Å². The molecule has 4 heteroatoms. The fourth-order valence-corrected chi connectivity index (χ4v) is 4.52. The van der Waals surface area contributed by atoms with Crippen molar-refractivity contribution in [1.29, 1.82) is 0 Å². The van der Waals surface area contributed by atoms with E-state index in [-0.39, 0.29) is 0 Å². The molecule has 0 atom stereocenters. The predicted molar refractivity (Wildman–Crippen MR) is 148 cm³/mol. The lowest BCUT2D eigenvalue weighted by atomic mass is 10.1. The molecule has 0 aliphatic carbocycles. The topological polar surface area (TPSA) is 41.1 Å². The van der Waals surface area contributed by atoms with Crippen molar-refractivity contribution in [3.8, 4) is 0 Å². The van der Waals surface area contributed by atoms with E-state index in [0.717, 1.165) is 30.4 Å². The van der Waals surface area contributed by atoms with Crippen LogP contribution in [0.4, 0.5) is 17.3 Å². The molecular formula is C30H44N4. The minimum absolute atomic E-state index is 0.866. The third kappa shape index (κ3) is 8.62. The Labute approximate surface area is 207 Å². The fraction of sp³-hybridized carbons (Fsp3) is 0.533. The molecule has 4 nitrogen and oxygen atoms in total. The Morgan fingerprint density at radius 2 is 1.21 bits per heavy atom. The first-order chi connectivity index (χ1) is 16.8. The molecule has 2 aromatic carbocycles. The fourth-order valence-electron chi connectivity index (χ4n) is 4.52. The number of benzene rings is 2. The highest BCUT2D eigenvalue weighted by atomic mass is 15.2. The maximum absolute atomic E-state index is 4.76.